The van der Waals surface area contributed by atoms with Crippen molar-refractivity contribution in [3.63, 3.8) is 0 Å². The minimum Gasteiger partial charge on any atom is -0.384 e. The smallest absolute Gasteiger partial charge is 0.270 e. The molecule has 1 aliphatic heterocycles. The molecule has 0 radical (unpaired) electrons. The summed E-state index contributed by atoms with van der Waals surface area (Å²) in [5.74, 6) is 1.02. The maximum atomic E-state index is 12.6. The highest BCUT2D eigenvalue weighted by Crippen LogP contribution is 2.23. The molecule has 2 amide bonds. The fourth-order valence-corrected chi connectivity index (χ4v) is 3.66. The molecule has 2 aromatic heterocycles. The Morgan fingerprint density at radius 3 is 2.74 bits per heavy atom. The lowest BCUT2D eigenvalue weighted by Crippen LogP contribution is -2.38. The van der Waals surface area contributed by atoms with Gasteiger partial charge in [-0.25, -0.2) is 15.0 Å². The van der Waals surface area contributed by atoms with Gasteiger partial charge in [0.15, 0.2) is 0 Å². The van der Waals surface area contributed by atoms with Gasteiger partial charge in [-0.2, -0.15) is 0 Å². The first-order valence-electron chi connectivity index (χ1n) is 10.0. The molecule has 0 saturated carbocycles. The van der Waals surface area contributed by atoms with E-state index in [-0.39, 0.29) is 17.6 Å². The standard InChI is InChI=1S/C21H24N8O2/c22-18-8-14-7-13(1-2-16(14)20(23)28-18)10-24-21(31)17-9-19(26-11-25-17)27-15-3-5-29(12-30)6-4-15/h1-2,7-9,11-12,15H,3-6,10H2,(H,24,31)(H4,22,23,28)(H,25,26,27). The molecule has 10 nitrogen and oxygen atoms in total. The highest BCUT2D eigenvalue weighted by molar-refractivity contribution is 5.94. The van der Waals surface area contributed by atoms with Crippen LogP contribution in [0.2, 0.25) is 0 Å². The number of piperidine rings is 1. The molecule has 4 rings (SSSR count). The molecular weight excluding hydrogens is 396 g/mol. The Labute approximate surface area is 179 Å². The van der Waals surface area contributed by atoms with Crippen LogP contribution in [0.3, 0.4) is 0 Å². The number of nitrogens with zero attached hydrogens (tertiary/aromatic N) is 4. The normalized spacial score (nSPS) is 14.4. The van der Waals surface area contributed by atoms with Crippen LogP contribution in [-0.4, -0.2) is 51.3 Å². The number of aromatic nitrogens is 3. The Balaban J connectivity index is 1.38. The van der Waals surface area contributed by atoms with Gasteiger partial charge in [0.2, 0.25) is 6.41 Å². The summed E-state index contributed by atoms with van der Waals surface area (Å²) in [6, 6.07) is 9.25. The SMILES string of the molecule is Nc1cc2cc(CNC(=O)c3cc(NC4CCN(C=O)CC4)ncn3)ccc2c(N)n1. The zero-order valence-electron chi connectivity index (χ0n) is 16.9. The number of benzene rings is 1. The second kappa shape index (κ2) is 8.82. The lowest BCUT2D eigenvalue weighted by Gasteiger charge is -2.29. The summed E-state index contributed by atoms with van der Waals surface area (Å²) in [7, 11) is 0. The first kappa shape index (κ1) is 20.3. The summed E-state index contributed by atoms with van der Waals surface area (Å²) in [4.78, 5) is 37.5. The lowest BCUT2D eigenvalue weighted by molar-refractivity contribution is -0.118. The summed E-state index contributed by atoms with van der Waals surface area (Å²) in [6.07, 6.45) is 3.90. The number of hydrogen-bond acceptors (Lipinski definition) is 8. The number of carbonyl (C=O) groups excluding carboxylic acids is 2. The number of amides is 2. The number of rotatable bonds is 6. The average molecular weight is 420 g/mol. The van der Waals surface area contributed by atoms with Crippen LogP contribution in [0.15, 0.2) is 36.7 Å². The number of nitrogens with two attached hydrogens (primary N) is 2. The number of pyridine rings is 1. The van der Waals surface area contributed by atoms with Crippen molar-refractivity contribution in [2.45, 2.75) is 25.4 Å². The van der Waals surface area contributed by atoms with Crippen molar-refractivity contribution in [2.24, 2.45) is 0 Å². The fraction of sp³-hybridized carbons (Fsp3) is 0.286. The molecule has 3 heterocycles. The van der Waals surface area contributed by atoms with E-state index in [2.05, 4.69) is 25.6 Å². The zero-order chi connectivity index (χ0) is 21.8. The van der Waals surface area contributed by atoms with E-state index < -0.39 is 0 Å². The van der Waals surface area contributed by atoms with E-state index >= 15 is 0 Å². The Morgan fingerprint density at radius 1 is 1.16 bits per heavy atom. The van der Waals surface area contributed by atoms with Crippen LogP contribution in [0, 0.1) is 0 Å². The molecular formula is C21H24N8O2. The lowest BCUT2D eigenvalue weighted by atomic mass is 10.1. The number of nitrogen functional groups attached to an aromatic ring is 2. The molecule has 1 aromatic carbocycles. The average Bonchev–Trinajstić information content (AvgIpc) is 2.78. The number of anilines is 3. The van der Waals surface area contributed by atoms with E-state index in [1.807, 2.05) is 18.2 Å². The Bertz CT molecular complexity index is 1110. The van der Waals surface area contributed by atoms with E-state index in [1.54, 1.807) is 17.0 Å². The van der Waals surface area contributed by atoms with Crippen LogP contribution in [0.5, 0.6) is 0 Å². The Hall–Kier alpha value is -3.95. The van der Waals surface area contributed by atoms with Crippen LogP contribution in [0.25, 0.3) is 10.8 Å². The van der Waals surface area contributed by atoms with Crippen molar-refractivity contribution in [1.82, 2.24) is 25.2 Å². The van der Waals surface area contributed by atoms with E-state index in [4.69, 9.17) is 11.5 Å². The van der Waals surface area contributed by atoms with Gasteiger partial charge in [-0.1, -0.05) is 12.1 Å². The van der Waals surface area contributed by atoms with Gasteiger partial charge < -0.3 is 27.0 Å². The van der Waals surface area contributed by atoms with E-state index in [1.165, 1.54) is 6.33 Å². The molecule has 1 saturated heterocycles. The van der Waals surface area contributed by atoms with Crippen LogP contribution in [0.1, 0.15) is 28.9 Å². The van der Waals surface area contributed by atoms with Crippen molar-refractivity contribution in [3.05, 3.63) is 47.9 Å². The summed E-state index contributed by atoms with van der Waals surface area (Å²) in [6.45, 7) is 1.74. The van der Waals surface area contributed by atoms with Crippen LogP contribution < -0.4 is 22.1 Å². The molecule has 6 N–H and O–H groups in total. The van der Waals surface area contributed by atoms with Gasteiger partial charge in [0.25, 0.3) is 5.91 Å². The van der Waals surface area contributed by atoms with Gasteiger partial charge in [-0.05, 0) is 35.9 Å². The van der Waals surface area contributed by atoms with Gasteiger partial charge >= 0.3 is 0 Å². The molecule has 0 spiro atoms. The third-order valence-corrected chi connectivity index (χ3v) is 5.33. The molecule has 1 fully saturated rings. The number of fused-ring (bicyclic) bond motifs is 1. The molecule has 0 bridgehead atoms. The van der Waals surface area contributed by atoms with Crippen molar-refractivity contribution >= 4 is 40.5 Å². The second-order valence-electron chi connectivity index (χ2n) is 7.52. The topological polar surface area (TPSA) is 152 Å². The molecule has 0 aliphatic carbocycles. The number of likely N-dealkylation sites (tertiary alicyclic amines) is 1. The minimum atomic E-state index is -0.296. The molecule has 0 unspecified atom stereocenters. The monoisotopic (exact) mass is 420 g/mol. The van der Waals surface area contributed by atoms with Gasteiger partial charge in [-0.3, -0.25) is 9.59 Å². The predicted octanol–water partition coefficient (Wildman–Crippen LogP) is 1.15. The van der Waals surface area contributed by atoms with Crippen molar-refractivity contribution in [1.29, 1.82) is 0 Å². The molecule has 1 aliphatic rings. The van der Waals surface area contributed by atoms with E-state index in [9.17, 15) is 9.59 Å². The first-order chi connectivity index (χ1) is 15.0. The zero-order valence-corrected chi connectivity index (χ0v) is 16.9. The number of carbonyl (C=O) groups is 2. The minimum absolute atomic E-state index is 0.203. The van der Waals surface area contributed by atoms with Gasteiger partial charge in [0.05, 0.1) is 0 Å². The number of hydrogen-bond donors (Lipinski definition) is 4. The highest BCUT2D eigenvalue weighted by Gasteiger charge is 2.18. The maximum absolute atomic E-state index is 12.6. The van der Waals surface area contributed by atoms with Crippen LogP contribution in [0.4, 0.5) is 17.5 Å². The fourth-order valence-electron chi connectivity index (χ4n) is 3.66. The quantitative estimate of drug-likeness (QED) is 0.433. The molecule has 160 valence electrons. The predicted molar refractivity (Wildman–Crippen MR) is 118 cm³/mol. The first-order valence-corrected chi connectivity index (χ1v) is 10.0. The Kier molecular flexibility index (Phi) is 5.78. The molecule has 0 atom stereocenters. The third kappa shape index (κ3) is 4.80. The largest absolute Gasteiger partial charge is 0.384 e. The van der Waals surface area contributed by atoms with Crippen molar-refractivity contribution in [2.75, 3.05) is 29.9 Å². The summed E-state index contributed by atoms with van der Waals surface area (Å²) in [5, 5.41) is 7.88. The van der Waals surface area contributed by atoms with Gasteiger partial charge in [0.1, 0.15) is 29.5 Å². The van der Waals surface area contributed by atoms with Crippen LogP contribution in [-0.2, 0) is 11.3 Å². The number of nitrogens with one attached hydrogen (secondary N) is 2. The van der Waals surface area contributed by atoms with Crippen LogP contribution >= 0.6 is 0 Å². The summed E-state index contributed by atoms with van der Waals surface area (Å²) >= 11 is 0. The van der Waals surface area contributed by atoms with Gasteiger partial charge in [-0.15, -0.1) is 0 Å². The summed E-state index contributed by atoms with van der Waals surface area (Å²) < 4.78 is 0. The maximum Gasteiger partial charge on any atom is 0.270 e. The second-order valence-corrected chi connectivity index (χ2v) is 7.52. The third-order valence-electron chi connectivity index (χ3n) is 5.33. The van der Waals surface area contributed by atoms with E-state index in [0.29, 0.717) is 37.1 Å². The highest BCUT2D eigenvalue weighted by atomic mass is 16.2. The molecule has 31 heavy (non-hydrogen) atoms. The van der Waals surface area contributed by atoms with E-state index in [0.717, 1.165) is 35.6 Å². The van der Waals surface area contributed by atoms with Crippen molar-refractivity contribution in [3.8, 4) is 0 Å². The molecule has 10 heteroatoms. The molecule has 3 aromatic rings. The van der Waals surface area contributed by atoms with Crippen molar-refractivity contribution < 1.29 is 9.59 Å². The summed E-state index contributed by atoms with van der Waals surface area (Å²) in [5.41, 5.74) is 12.9. The Morgan fingerprint density at radius 2 is 1.97 bits per heavy atom. The van der Waals surface area contributed by atoms with Gasteiger partial charge in [0, 0.05) is 37.1 Å².